The first-order chi connectivity index (χ1) is 14.2. The van der Waals surface area contributed by atoms with E-state index in [2.05, 4.69) is 20.7 Å². The summed E-state index contributed by atoms with van der Waals surface area (Å²) in [5.41, 5.74) is 1.09. The number of phenolic OH excluding ortho intramolecular Hbond substituents is 1. The quantitative estimate of drug-likeness (QED) is 0.538. The van der Waals surface area contributed by atoms with E-state index in [0.29, 0.717) is 11.4 Å². The zero-order valence-electron chi connectivity index (χ0n) is 16.2. The first-order valence-electron chi connectivity index (χ1n) is 8.75. The average molecular weight is 491 g/mol. The molecule has 156 valence electrons. The van der Waals surface area contributed by atoms with Crippen LogP contribution in [0.15, 0.2) is 76.1 Å². The number of nitrogens with one attached hydrogen (secondary N) is 1. The molecule has 9 heteroatoms. The van der Waals surface area contributed by atoms with E-state index in [0.717, 1.165) is 4.47 Å². The largest absolute Gasteiger partial charge is 0.508 e. The molecule has 0 radical (unpaired) electrons. The van der Waals surface area contributed by atoms with Crippen LogP contribution in [-0.4, -0.2) is 33.6 Å². The molecule has 3 aromatic rings. The minimum absolute atomic E-state index is 0.0800. The molecule has 0 unspecified atom stereocenters. The highest BCUT2D eigenvalue weighted by atomic mass is 79.9. The molecular formula is C21H19BrN2O5S. The van der Waals surface area contributed by atoms with Crippen LogP contribution in [0.4, 0.5) is 11.4 Å². The van der Waals surface area contributed by atoms with Gasteiger partial charge in [0, 0.05) is 28.5 Å². The van der Waals surface area contributed by atoms with Gasteiger partial charge in [-0.1, -0.05) is 15.9 Å². The summed E-state index contributed by atoms with van der Waals surface area (Å²) >= 11 is 3.30. The zero-order valence-corrected chi connectivity index (χ0v) is 18.6. The van der Waals surface area contributed by atoms with E-state index in [9.17, 15) is 18.3 Å². The van der Waals surface area contributed by atoms with Gasteiger partial charge in [0.15, 0.2) is 0 Å². The van der Waals surface area contributed by atoms with Crippen molar-refractivity contribution in [2.24, 2.45) is 0 Å². The lowest BCUT2D eigenvalue weighted by Gasteiger charge is -2.19. The molecule has 0 heterocycles. The van der Waals surface area contributed by atoms with Crippen molar-refractivity contribution in [1.29, 1.82) is 0 Å². The van der Waals surface area contributed by atoms with Crippen LogP contribution in [0.3, 0.4) is 0 Å². The maximum absolute atomic E-state index is 13.0. The number of phenols is 1. The number of carbonyl (C=O) groups excluding carboxylic acids is 1. The monoisotopic (exact) mass is 490 g/mol. The van der Waals surface area contributed by atoms with Gasteiger partial charge in [0.1, 0.15) is 16.4 Å². The lowest BCUT2D eigenvalue weighted by molar-refractivity contribution is 0.0992. The summed E-state index contributed by atoms with van der Waals surface area (Å²) in [5.74, 6) is -0.219. The molecule has 2 N–H and O–H groups in total. The number of ether oxygens (including phenoxy) is 1. The first kappa shape index (κ1) is 21.7. The van der Waals surface area contributed by atoms with Gasteiger partial charge in [0.2, 0.25) is 0 Å². The van der Waals surface area contributed by atoms with Gasteiger partial charge in [-0.3, -0.25) is 9.52 Å². The molecule has 0 aromatic heterocycles. The van der Waals surface area contributed by atoms with Crippen molar-refractivity contribution in [3.05, 3.63) is 76.8 Å². The number of hydrogen-bond donors (Lipinski definition) is 2. The molecule has 3 aromatic carbocycles. The fraction of sp³-hybridized carbons (Fsp3) is 0.0952. The summed E-state index contributed by atoms with van der Waals surface area (Å²) in [6.45, 7) is 0. The summed E-state index contributed by atoms with van der Waals surface area (Å²) in [6.07, 6.45) is 0. The Morgan fingerprint density at radius 2 is 1.67 bits per heavy atom. The van der Waals surface area contributed by atoms with Crippen molar-refractivity contribution < 1.29 is 23.1 Å². The molecule has 0 aliphatic rings. The van der Waals surface area contributed by atoms with E-state index in [1.807, 2.05) is 0 Å². The number of amides is 1. The summed E-state index contributed by atoms with van der Waals surface area (Å²) < 4.78 is 34.4. The van der Waals surface area contributed by atoms with Crippen molar-refractivity contribution in [2.75, 3.05) is 23.8 Å². The molecule has 3 rings (SSSR count). The van der Waals surface area contributed by atoms with Crippen molar-refractivity contribution in [3.63, 3.8) is 0 Å². The second-order valence-corrected chi connectivity index (χ2v) is 8.93. The fourth-order valence-corrected chi connectivity index (χ4v) is 4.25. The summed E-state index contributed by atoms with van der Waals surface area (Å²) in [5, 5.41) is 9.42. The van der Waals surface area contributed by atoms with Crippen LogP contribution < -0.4 is 14.4 Å². The molecule has 0 atom stereocenters. The molecule has 7 nitrogen and oxygen atoms in total. The van der Waals surface area contributed by atoms with E-state index >= 15 is 0 Å². The summed E-state index contributed by atoms with van der Waals surface area (Å²) in [6, 6.07) is 17.0. The van der Waals surface area contributed by atoms with Crippen LogP contribution in [0.2, 0.25) is 0 Å². The highest BCUT2D eigenvalue weighted by Gasteiger charge is 2.23. The average Bonchev–Trinajstić information content (AvgIpc) is 2.74. The van der Waals surface area contributed by atoms with Crippen LogP contribution in [0.1, 0.15) is 10.4 Å². The van der Waals surface area contributed by atoms with Crippen molar-refractivity contribution >= 4 is 43.2 Å². The maximum Gasteiger partial charge on any atom is 0.265 e. The smallest absolute Gasteiger partial charge is 0.265 e. The van der Waals surface area contributed by atoms with Gasteiger partial charge in [-0.2, -0.15) is 0 Å². The zero-order chi connectivity index (χ0) is 21.9. The number of halogens is 1. The number of rotatable bonds is 6. The van der Waals surface area contributed by atoms with E-state index in [1.54, 1.807) is 43.4 Å². The highest BCUT2D eigenvalue weighted by molar-refractivity contribution is 9.10. The summed E-state index contributed by atoms with van der Waals surface area (Å²) in [4.78, 5) is 14.1. The number of sulfonamides is 1. The van der Waals surface area contributed by atoms with Gasteiger partial charge >= 0.3 is 0 Å². The van der Waals surface area contributed by atoms with Crippen molar-refractivity contribution in [1.82, 2.24) is 0 Å². The lowest BCUT2D eigenvalue weighted by Crippen LogP contribution is -2.26. The predicted octanol–water partition coefficient (Wildman–Crippen LogP) is 4.24. The number of anilines is 2. The number of hydrogen-bond acceptors (Lipinski definition) is 5. The number of methoxy groups -OCH3 is 1. The molecule has 0 aliphatic heterocycles. The Balaban J connectivity index is 1.95. The Morgan fingerprint density at radius 3 is 2.27 bits per heavy atom. The lowest BCUT2D eigenvalue weighted by atomic mass is 10.1. The molecule has 0 bridgehead atoms. The number of benzene rings is 3. The molecule has 0 saturated heterocycles. The predicted molar refractivity (Wildman–Crippen MR) is 119 cm³/mol. The Kier molecular flexibility index (Phi) is 6.33. The normalized spacial score (nSPS) is 11.0. The minimum Gasteiger partial charge on any atom is -0.508 e. The first-order valence-corrected chi connectivity index (χ1v) is 11.0. The minimum atomic E-state index is -4.02. The van der Waals surface area contributed by atoms with Gasteiger partial charge in [-0.05, 0) is 66.7 Å². The molecule has 1 amide bonds. The Bertz CT molecular complexity index is 1160. The Hall–Kier alpha value is -3.04. The molecule has 0 spiro atoms. The van der Waals surface area contributed by atoms with Gasteiger partial charge < -0.3 is 14.7 Å². The van der Waals surface area contributed by atoms with Crippen LogP contribution in [-0.2, 0) is 10.0 Å². The number of nitrogens with zero attached hydrogens (tertiary/aromatic N) is 1. The molecule has 0 aliphatic carbocycles. The van der Waals surface area contributed by atoms with E-state index in [4.69, 9.17) is 4.74 Å². The fourth-order valence-electron chi connectivity index (χ4n) is 2.73. The molecule has 0 saturated carbocycles. The van der Waals surface area contributed by atoms with Crippen LogP contribution in [0.5, 0.6) is 11.5 Å². The standard InChI is InChI=1S/C21H19BrN2O5S/c1-24(17-8-10-18(25)11-9-17)21(26)14-3-12-19(29-2)20(13-14)30(27,28)23-16-6-4-15(22)5-7-16/h3-13,23,25H,1-2H3. The molecular weight excluding hydrogens is 472 g/mol. The third-order valence-electron chi connectivity index (χ3n) is 4.34. The van der Waals surface area contributed by atoms with Crippen molar-refractivity contribution in [3.8, 4) is 11.5 Å². The molecule has 30 heavy (non-hydrogen) atoms. The van der Waals surface area contributed by atoms with Crippen LogP contribution in [0.25, 0.3) is 0 Å². The van der Waals surface area contributed by atoms with Gasteiger partial charge in [0.25, 0.3) is 15.9 Å². The second-order valence-electron chi connectivity index (χ2n) is 6.36. The van der Waals surface area contributed by atoms with E-state index in [1.165, 1.54) is 42.3 Å². The summed E-state index contributed by atoms with van der Waals surface area (Å²) in [7, 11) is -1.09. The maximum atomic E-state index is 13.0. The second kappa shape index (κ2) is 8.76. The van der Waals surface area contributed by atoms with E-state index in [-0.39, 0.29) is 22.0 Å². The molecule has 0 fully saturated rings. The Morgan fingerprint density at radius 1 is 1.03 bits per heavy atom. The Labute approximate surface area is 183 Å². The third-order valence-corrected chi connectivity index (χ3v) is 6.27. The van der Waals surface area contributed by atoms with Gasteiger partial charge in [-0.25, -0.2) is 8.42 Å². The van der Waals surface area contributed by atoms with Gasteiger partial charge in [-0.15, -0.1) is 0 Å². The SMILES string of the molecule is COc1ccc(C(=O)N(C)c2ccc(O)cc2)cc1S(=O)(=O)Nc1ccc(Br)cc1. The highest BCUT2D eigenvalue weighted by Crippen LogP contribution is 2.28. The van der Waals surface area contributed by atoms with Gasteiger partial charge in [0.05, 0.1) is 7.11 Å². The van der Waals surface area contributed by atoms with Crippen LogP contribution >= 0.6 is 15.9 Å². The van der Waals surface area contributed by atoms with Crippen molar-refractivity contribution in [2.45, 2.75) is 4.90 Å². The number of carbonyl (C=O) groups is 1. The van der Waals surface area contributed by atoms with Crippen LogP contribution in [0, 0.1) is 0 Å². The third kappa shape index (κ3) is 4.74. The van der Waals surface area contributed by atoms with E-state index < -0.39 is 15.9 Å². The topological polar surface area (TPSA) is 95.9 Å². The number of aromatic hydroxyl groups is 1.